The van der Waals surface area contributed by atoms with Crippen molar-refractivity contribution in [2.45, 2.75) is 40.0 Å². The largest absolute Gasteiger partial charge is 0.439 e. The molecule has 0 unspecified atom stereocenters. The maximum atomic E-state index is 6.10. The number of hydrogen-bond acceptors (Lipinski definition) is 3. The van der Waals surface area contributed by atoms with Crippen LogP contribution in [0.3, 0.4) is 0 Å². The van der Waals surface area contributed by atoms with Crippen LogP contribution in [0.25, 0.3) is 0 Å². The summed E-state index contributed by atoms with van der Waals surface area (Å²) in [7, 11) is 0. The van der Waals surface area contributed by atoms with Gasteiger partial charge >= 0.3 is 0 Å². The summed E-state index contributed by atoms with van der Waals surface area (Å²) in [4.78, 5) is 8.59. The number of benzene rings is 1. The minimum Gasteiger partial charge on any atom is -0.439 e. The Labute approximate surface area is 125 Å². The Bertz CT molecular complexity index is 582. The zero-order valence-corrected chi connectivity index (χ0v) is 12.9. The van der Waals surface area contributed by atoms with Crippen LogP contribution in [0.4, 0.5) is 0 Å². The number of nitrogens with zero attached hydrogens (tertiary/aromatic N) is 2. The van der Waals surface area contributed by atoms with Gasteiger partial charge in [-0.2, -0.15) is 4.98 Å². The molecule has 0 saturated heterocycles. The van der Waals surface area contributed by atoms with E-state index in [1.54, 1.807) is 0 Å². The van der Waals surface area contributed by atoms with Gasteiger partial charge in [-0.25, -0.2) is 4.98 Å². The van der Waals surface area contributed by atoms with Crippen LogP contribution in [0, 0.1) is 6.92 Å². The van der Waals surface area contributed by atoms with Gasteiger partial charge in [0.1, 0.15) is 16.7 Å². The standard InChI is InChI=1S/C16H19ClN2O/c1-4-6-12-7-9-13(10-8-12)20-16-11(3)15(17)18-14(5-2)19-16/h7-10H,4-6H2,1-3H3. The Morgan fingerprint density at radius 3 is 2.40 bits per heavy atom. The molecular formula is C16H19ClN2O. The van der Waals surface area contributed by atoms with E-state index in [1.165, 1.54) is 5.56 Å². The minimum atomic E-state index is 0.453. The van der Waals surface area contributed by atoms with E-state index in [-0.39, 0.29) is 0 Å². The summed E-state index contributed by atoms with van der Waals surface area (Å²) in [5, 5.41) is 0.453. The topological polar surface area (TPSA) is 35.0 Å². The molecule has 2 aromatic rings. The van der Waals surface area contributed by atoms with Crippen LogP contribution in [0.1, 0.15) is 37.2 Å². The van der Waals surface area contributed by atoms with E-state index in [4.69, 9.17) is 16.3 Å². The van der Waals surface area contributed by atoms with E-state index in [0.29, 0.717) is 16.9 Å². The van der Waals surface area contributed by atoms with Crippen molar-refractivity contribution in [3.63, 3.8) is 0 Å². The van der Waals surface area contributed by atoms with Crippen LogP contribution in [0.5, 0.6) is 11.6 Å². The van der Waals surface area contributed by atoms with Gasteiger partial charge in [0.25, 0.3) is 0 Å². The molecular weight excluding hydrogens is 272 g/mol. The van der Waals surface area contributed by atoms with Gasteiger partial charge in [0.2, 0.25) is 5.88 Å². The van der Waals surface area contributed by atoms with E-state index in [0.717, 1.165) is 30.6 Å². The molecule has 0 aliphatic heterocycles. The Morgan fingerprint density at radius 1 is 1.10 bits per heavy atom. The fourth-order valence-electron chi connectivity index (χ4n) is 1.89. The van der Waals surface area contributed by atoms with Crippen LogP contribution in [-0.4, -0.2) is 9.97 Å². The summed E-state index contributed by atoms with van der Waals surface area (Å²) < 4.78 is 5.83. The second-order valence-corrected chi connectivity index (χ2v) is 5.07. The van der Waals surface area contributed by atoms with Gasteiger partial charge in [-0.05, 0) is 31.0 Å². The molecule has 4 heteroatoms. The molecule has 3 nitrogen and oxygen atoms in total. The lowest BCUT2D eigenvalue weighted by molar-refractivity contribution is 0.454. The van der Waals surface area contributed by atoms with Gasteiger partial charge < -0.3 is 4.74 Å². The number of aromatic nitrogens is 2. The average Bonchev–Trinajstić information content (AvgIpc) is 2.46. The van der Waals surface area contributed by atoms with Crippen molar-refractivity contribution in [3.05, 3.63) is 46.4 Å². The molecule has 1 aromatic carbocycles. The average molecular weight is 291 g/mol. The molecule has 0 amide bonds. The molecule has 0 bridgehead atoms. The zero-order valence-electron chi connectivity index (χ0n) is 12.1. The summed E-state index contributed by atoms with van der Waals surface area (Å²) in [6, 6.07) is 8.09. The molecule has 0 saturated carbocycles. The highest BCUT2D eigenvalue weighted by atomic mass is 35.5. The van der Waals surface area contributed by atoms with Crippen molar-refractivity contribution in [2.24, 2.45) is 0 Å². The van der Waals surface area contributed by atoms with E-state index in [2.05, 4.69) is 29.0 Å². The molecule has 0 aliphatic carbocycles. The lowest BCUT2D eigenvalue weighted by Gasteiger charge is -2.10. The Morgan fingerprint density at radius 2 is 1.80 bits per heavy atom. The van der Waals surface area contributed by atoms with Crippen molar-refractivity contribution in [2.75, 3.05) is 0 Å². The highest BCUT2D eigenvalue weighted by Gasteiger charge is 2.10. The first-order valence-corrected chi connectivity index (χ1v) is 7.31. The molecule has 0 N–H and O–H groups in total. The third kappa shape index (κ3) is 3.48. The monoisotopic (exact) mass is 290 g/mol. The Kier molecular flexibility index (Phi) is 4.96. The molecule has 0 spiro atoms. The lowest BCUT2D eigenvalue weighted by atomic mass is 10.1. The summed E-state index contributed by atoms with van der Waals surface area (Å²) in [5.41, 5.74) is 2.08. The van der Waals surface area contributed by atoms with Crippen molar-refractivity contribution in [1.82, 2.24) is 9.97 Å². The summed E-state index contributed by atoms with van der Waals surface area (Å²) in [6.45, 7) is 6.02. The van der Waals surface area contributed by atoms with Gasteiger partial charge in [0, 0.05) is 12.0 Å². The summed E-state index contributed by atoms with van der Waals surface area (Å²) in [5.74, 6) is 1.99. The molecule has 0 atom stereocenters. The van der Waals surface area contributed by atoms with Crippen LogP contribution >= 0.6 is 11.6 Å². The summed E-state index contributed by atoms with van der Waals surface area (Å²) in [6.07, 6.45) is 2.95. The molecule has 0 fully saturated rings. The third-order valence-corrected chi connectivity index (χ3v) is 3.45. The molecule has 20 heavy (non-hydrogen) atoms. The zero-order chi connectivity index (χ0) is 14.5. The first-order valence-electron chi connectivity index (χ1n) is 6.93. The molecule has 1 heterocycles. The van der Waals surface area contributed by atoms with E-state index >= 15 is 0 Å². The second kappa shape index (κ2) is 6.71. The van der Waals surface area contributed by atoms with Gasteiger partial charge in [0.05, 0.1) is 0 Å². The normalized spacial score (nSPS) is 10.6. The molecule has 2 rings (SSSR count). The third-order valence-electron chi connectivity index (χ3n) is 3.08. The van der Waals surface area contributed by atoms with E-state index in [9.17, 15) is 0 Å². The molecule has 106 valence electrons. The number of ether oxygens (including phenoxy) is 1. The lowest BCUT2D eigenvalue weighted by Crippen LogP contribution is -2.00. The van der Waals surface area contributed by atoms with E-state index in [1.807, 2.05) is 26.0 Å². The van der Waals surface area contributed by atoms with Crippen molar-refractivity contribution in [3.8, 4) is 11.6 Å². The highest BCUT2D eigenvalue weighted by Crippen LogP contribution is 2.27. The van der Waals surface area contributed by atoms with Crippen LogP contribution in [-0.2, 0) is 12.8 Å². The minimum absolute atomic E-state index is 0.453. The smallest absolute Gasteiger partial charge is 0.226 e. The number of aryl methyl sites for hydroxylation is 2. The van der Waals surface area contributed by atoms with Crippen molar-refractivity contribution < 1.29 is 4.74 Å². The Hall–Kier alpha value is -1.61. The SMILES string of the molecule is CCCc1ccc(Oc2nc(CC)nc(Cl)c2C)cc1. The van der Waals surface area contributed by atoms with Crippen LogP contribution < -0.4 is 4.74 Å². The first kappa shape index (κ1) is 14.8. The Balaban J connectivity index is 2.22. The second-order valence-electron chi connectivity index (χ2n) is 4.71. The van der Waals surface area contributed by atoms with Crippen LogP contribution in [0.15, 0.2) is 24.3 Å². The molecule has 0 radical (unpaired) electrons. The van der Waals surface area contributed by atoms with E-state index < -0.39 is 0 Å². The summed E-state index contributed by atoms with van der Waals surface area (Å²) >= 11 is 6.10. The quantitative estimate of drug-likeness (QED) is 0.746. The predicted octanol–water partition coefficient (Wildman–Crippen LogP) is 4.75. The maximum absolute atomic E-state index is 6.10. The van der Waals surface area contributed by atoms with Gasteiger partial charge in [-0.1, -0.05) is 44.0 Å². The van der Waals surface area contributed by atoms with Gasteiger partial charge in [-0.3, -0.25) is 0 Å². The fraction of sp³-hybridized carbons (Fsp3) is 0.375. The van der Waals surface area contributed by atoms with Gasteiger partial charge in [-0.15, -0.1) is 0 Å². The fourth-order valence-corrected chi connectivity index (χ4v) is 2.07. The van der Waals surface area contributed by atoms with Crippen molar-refractivity contribution >= 4 is 11.6 Å². The first-order chi connectivity index (χ1) is 9.63. The predicted molar refractivity (Wildman–Crippen MR) is 81.7 cm³/mol. The number of rotatable bonds is 5. The van der Waals surface area contributed by atoms with Crippen molar-refractivity contribution in [1.29, 1.82) is 0 Å². The number of hydrogen-bond donors (Lipinski definition) is 0. The number of halogens is 1. The van der Waals surface area contributed by atoms with Gasteiger partial charge in [0.15, 0.2) is 0 Å². The highest BCUT2D eigenvalue weighted by molar-refractivity contribution is 6.30. The maximum Gasteiger partial charge on any atom is 0.226 e. The molecule has 1 aromatic heterocycles. The molecule has 0 aliphatic rings. The van der Waals surface area contributed by atoms with Crippen LogP contribution in [0.2, 0.25) is 5.15 Å².